The summed E-state index contributed by atoms with van der Waals surface area (Å²) in [4.78, 5) is 46.9. The zero-order valence-electron chi connectivity index (χ0n) is 6.83. The van der Waals surface area contributed by atoms with Gasteiger partial charge in [0.15, 0.2) is 0 Å². The molecule has 0 saturated heterocycles. The Bertz CT molecular complexity index is 74.6. The molecule has 0 aliphatic heterocycles. The molecule has 14 heavy (non-hydrogen) atoms. The molecule has 0 heterocycles. The van der Waals surface area contributed by atoms with Crippen LogP contribution in [0.3, 0.4) is 0 Å². The predicted octanol–water partition coefficient (Wildman–Crippen LogP) is -1.91. The molecule has 0 rings (SSSR count). The van der Waals surface area contributed by atoms with E-state index in [1.807, 2.05) is 0 Å². The molecule has 7 heteroatoms. The molecule has 0 bridgehead atoms. The number of rotatable bonds is 0. The van der Waals surface area contributed by atoms with Gasteiger partial charge in [0.1, 0.15) is 0 Å². The van der Waals surface area contributed by atoms with Gasteiger partial charge in [-0.1, -0.05) is 0 Å². The van der Waals surface area contributed by atoms with Crippen molar-refractivity contribution in [2.45, 2.75) is 6.92 Å². The Balaban J connectivity index is -0.0000000143. The van der Waals surface area contributed by atoms with Gasteiger partial charge in [0.05, 0.1) is 0 Å². The first kappa shape index (κ1) is 39.0. The fourth-order valence-corrected chi connectivity index (χ4v) is 0. The monoisotopic (exact) mass is 238 g/mol. The van der Waals surface area contributed by atoms with Crippen molar-refractivity contribution in [3.8, 4) is 0 Å². The van der Waals surface area contributed by atoms with Crippen LogP contribution in [0.25, 0.3) is 0 Å². The third-order valence-electron chi connectivity index (χ3n) is 0. The van der Waals surface area contributed by atoms with E-state index < -0.39 is 0 Å². The van der Waals surface area contributed by atoms with Gasteiger partial charge in [-0.3, -0.25) is 24.0 Å². The van der Waals surface area contributed by atoms with Gasteiger partial charge in [0.2, 0.25) is 0 Å². The Morgan fingerprint density at radius 3 is 0.714 bits per heavy atom. The molecule has 0 aromatic heterocycles. The summed E-state index contributed by atoms with van der Waals surface area (Å²) in [6, 6.07) is 0. The third kappa shape index (κ3) is 450. The van der Waals surface area contributed by atoms with E-state index in [4.69, 9.17) is 24.0 Å². The first-order valence-corrected chi connectivity index (χ1v) is 2.50. The van der Waals surface area contributed by atoms with Gasteiger partial charge >= 0.3 is 32.4 Å². The molecule has 0 amide bonds. The fourth-order valence-electron chi connectivity index (χ4n) is 0. The van der Waals surface area contributed by atoms with Crippen molar-refractivity contribution in [3.05, 3.63) is 0 Å². The molecule has 0 aliphatic carbocycles. The fraction of sp³-hybridized carbons (Fsp3) is 0.143. The SMILES string of the molecule is C[C](=O)[Mn].[C]=O.[C]=O.[C]=O.[C]=O.[C]=O. The minimum absolute atomic E-state index is 0.0208. The van der Waals surface area contributed by atoms with Gasteiger partial charge in [-0.25, -0.2) is 0 Å². The van der Waals surface area contributed by atoms with E-state index in [-0.39, 0.29) is 4.68 Å². The van der Waals surface area contributed by atoms with E-state index >= 15 is 0 Å². The minimum Gasteiger partial charge on any atom is -0.281 e. The van der Waals surface area contributed by atoms with Crippen LogP contribution in [-0.2, 0) is 44.8 Å². The number of hydrogen-bond acceptors (Lipinski definition) is 6. The molecule has 0 aromatic carbocycles. The maximum atomic E-state index is 9.36. The van der Waals surface area contributed by atoms with E-state index in [2.05, 4.69) is 50.0 Å². The van der Waals surface area contributed by atoms with E-state index in [9.17, 15) is 4.79 Å². The van der Waals surface area contributed by atoms with Crippen LogP contribution >= 0.6 is 0 Å². The van der Waals surface area contributed by atoms with Crippen LogP contribution in [0.4, 0.5) is 0 Å². The van der Waals surface area contributed by atoms with Crippen LogP contribution in [0, 0.1) is 0 Å². The average molecular weight is 238 g/mol. The Hall–Kier alpha value is -1.46. The molecule has 0 atom stereocenters. The second kappa shape index (κ2) is 541. The Morgan fingerprint density at radius 1 is 0.714 bits per heavy atom. The normalized spacial score (nSPS) is 3.29. The summed E-state index contributed by atoms with van der Waals surface area (Å²) in [6.45, 7) is 23.9. The van der Waals surface area contributed by atoms with Crippen LogP contribution in [0.2, 0.25) is 0 Å². The van der Waals surface area contributed by atoms with Crippen LogP contribution in [0.15, 0.2) is 0 Å². The van der Waals surface area contributed by atoms with Gasteiger partial charge < -0.3 is 0 Å². The molecule has 0 unspecified atom stereocenters. The van der Waals surface area contributed by atoms with Crippen molar-refractivity contribution in [2.75, 3.05) is 0 Å². The first-order chi connectivity index (χ1) is 6.73. The Kier molecular flexibility index (Phi) is 1510. The molecule has 10 radical (unpaired) electrons. The largest absolute Gasteiger partial charge is 0.281 e. The predicted molar refractivity (Wildman–Crippen MR) is 39.1 cm³/mol. The summed E-state index contributed by atoms with van der Waals surface area (Å²) in [5.41, 5.74) is 0. The van der Waals surface area contributed by atoms with Crippen molar-refractivity contribution >= 4 is 38.6 Å². The molecule has 0 spiro atoms. The second-order valence-electron chi connectivity index (χ2n) is 0.470. The van der Waals surface area contributed by atoms with Crippen molar-refractivity contribution in [1.29, 1.82) is 0 Å². The molecular formula is C7H3MnO6. The molecule has 0 saturated carbocycles. The van der Waals surface area contributed by atoms with E-state index in [0.29, 0.717) is 0 Å². The minimum atomic E-state index is -0.0208. The molecule has 74 valence electrons. The summed E-state index contributed by atoms with van der Waals surface area (Å²) >= 11 is 2.63. The summed E-state index contributed by atoms with van der Waals surface area (Å²) in [6.07, 6.45) is 0. The molecule has 6 nitrogen and oxygen atoms in total. The summed E-state index contributed by atoms with van der Waals surface area (Å²) in [7, 11) is 0. The standard InChI is InChI=1S/C2H3O.5CO.Mn/c1-2-3;5*1-2;/h1H3;;;;;;. The Labute approximate surface area is 90.9 Å². The van der Waals surface area contributed by atoms with Crippen LogP contribution < -0.4 is 0 Å². The number of hydrogen-bond donors (Lipinski definition) is 0. The van der Waals surface area contributed by atoms with Crippen LogP contribution in [0.5, 0.6) is 0 Å². The smallest absolute Gasteiger partial charge is 0.281 e. The van der Waals surface area contributed by atoms with Crippen molar-refractivity contribution < 1.29 is 44.8 Å². The van der Waals surface area contributed by atoms with Gasteiger partial charge in [-0.2, -0.15) is 0 Å². The maximum absolute atomic E-state index is 9.36. The van der Waals surface area contributed by atoms with E-state index in [1.165, 1.54) is 6.92 Å². The van der Waals surface area contributed by atoms with Crippen molar-refractivity contribution in [3.63, 3.8) is 0 Å². The van der Waals surface area contributed by atoms with Gasteiger partial charge in [0, 0.05) is 0 Å². The Morgan fingerprint density at radius 2 is 0.714 bits per heavy atom. The quantitative estimate of drug-likeness (QED) is 0.456. The number of carbonyl (C=O) groups is 1. The van der Waals surface area contributed by atoms with Gasteiger partial charge in [-0.05, 0) is 0 Å². The van der Waals surface area contributed by atoms with Crippen LogP contribution in [0.1, 0.15) is 6.92 Å². The topological polar surface area (TPSA) is 102 Å². The molecule has 0 aliphatic rings. The van der Waals surface area contributed by atoms with Gasteiger partial charge in [-0.15, -0.1) is 0 Å². The van der Waals surface area contributed by atoms with E-state index in [0.717, 1.165) is 0 Å². The first-order valence-electron chi connectivity index (χ1n) is 1.91. The summed E-state index contributed by atoms with van der Waals surface area (Å²) in [5, 5.41) is 0. The molecule has 0 fully saturated rings. The number of carbonyl (C=O) groups excluding carboxylic acids is 6. The summed E-state index contributed by atoms with van der Waals surface area (Å²) in [5.74, 6) is 0. The van der Waals surface area contributed by atoms with Gasteiger partial charge in [0.25, 0.3) is 33.9 Å². The second-order valence-corrected chi connectivity index (χ2v) is 1.30. The zero-order valence-corrected chi connectivity index (χ0v) is 8.01. The van der Waals surface area contributed by atoms with Crippen molar-refractivity contribution in [1.82, 2.24) is 0 Å². The van der Waals surface area contributed by atoms with E-state index in [1.54, 1.807) is 0 Å². The molecule has 0 N–H and O–H groups in total. The summed E-state index contributed by atoms with van der Waals surface area (Å²) < 4.78 is -0.0208. The third-order valence-corrected chi connectivity index (χ3v) is 0. The zero-order chi connectivity index (χ0) is 13.6. The molecule has 0 aromatic rings. The average Bonchev–Trinajstić information content (AvgIpc) is 2.30. The van der Waals surface area contributed by atoms with Crippen molar-refractivity contribution in [2.24, 2.45) is 0 Å². The van der Waals surface area contributed by atoms with Crippen LogP contribution in [-0.4, -0.2) is 38.6 Å². The maximum Gasteiger partial charge on any atom is 0.281 e. The molecular weight excluding hydrogens is 235 g/mol.